The van der Waals surface area contributed by atoms with Crippen LogP contribution in [0.25, 0.3) is 0 Å². The predicted molar refractivity (Wildman–Crippen MR) is 70.4 cm³/mol. The van der Waals surface area contributed by atoms with Crippen molar-refractivity contribution in [3.8, 4) is 0 Å². The van der Waals surface area contributed by atoms with Crippen molar-refractivity contribution >= 4 is 28.5 Å². The second-order valence-electron chi connectivity index (χ2n) is 4.09. The van der Waals surface area contributed by atoms with Crippen LogP contribution >= 0.6 is 22.6 Å². The molecule has 1 aliphatic heterocycles. The number of carbonyl (C=O) groups is 1. The Bertz CT molecular complexity index is 418. The van der Waals surface area contributed by atoms with Crippen LogP contribution in [0.5, 0.6) is 0 Å². The van der Waals surface area contributed by atoms with Crippen molar-refractivity contribution in [3.63, 3.8) is 0 Å². The van der Waals surface area contributed by atoms with Gasteiger partial charge in [0.1, 0.15) is 5.82 Å². The molecule has 3 nitrogen and oxygen atoms in total. The maximum atomic E-state index is 13.2. The number of morpholine rings is 1. The van der Waals surface area contributed by atoms with Crippen molar-refractivity contribution in [2.45, 2.75) is 13.0 Å². The Labute approximate surface area is 113 Å². The highest BCUT2D eigenvalue weighted by molar-refractivity contribution is 14.1. The molecule has 1 fully saturated rings. The monoisotopic (exact) mass is 349 g/mol. The molecule has 0 radical (unpaired) electrons. The second-order valence-corrected chi connectivity index (χ2v) is 5.34. The summed E-state index contributed by atoms with van der Waals surface area (Å²) < 4.78 is 19.3. The summed E-state index contributed by atoms with van der Waals surface area (Å²) in [7, 11) is 0. The van der Waals surface area contributed by atoms with Crippen molar-refractivity contribution in [1.29, 1.82) is 0 Å². The van der Waals surface area contributed by atoms with Crippen LogP contribution in [0, 0.1) is 9.39 Å². The van der Waals surface area contributed by atoms with E-state index in [2.05, 4.69) is 0 Å². The van der Waals surface area contributed by atoms with E-state index in [1.807, 2.05) is 29.5 Å². The molecule has 0 aliphatic carbocycles. The van der Waals surface area contributed by atoms with Crippen LogP contribution < -0.4 is 0 Å². The number of carbonyl (C=O) groups excluding carboxylic acids is 1. The van der Waals surface area contributed by atoms with Gasteiger partial charge in [0.2, 0.25) is 0 Å². The topological polar surface area (TPSA) is 29.5 Å². The lowest BCUT2D eigenvalue weighted by Crippen LogP contribution is -2.44. The smallest absolute Gasteiger partial charge is 0.254 e. The fraction of sp³-hybridized carbons (Fsp3) is 0.417. The maximum absolute atomic E-state index is 13.2. The molecule has 0 N–H and O–H groups in total. The summed E-state index contributed by atoms with van der Waals surface area (Å²) >= 11 is 2.00. The number of hydrogen-bond donors (Lipinski definition) is 0. The minimum absolute atomic E-state index is 0.0420. The van der Waals surface area contributed by atoms with Crippen molar-refractivity contribution < 1.29 is 13.9 Å². The molecule has 2 rings (SSSR count). The molecule has 17 heavy (non-hydrogen) atoms. The standard InChI is InChI=1S/C12H13FINO2/c1-8-7-15(2-3-17-8)12(16)9-4-10(13)6-11(14)5-9/h4-6,8H,2-3,7H2,1H3/t8-/m0/s1. The van der Waals surface area contributed by atoms with Crippen LogP contribution in [0.3, 0.4) is 0 Å². The summed E-state index contributed by atoms with van der Waals surface area (Å²) in [5.74, 6) is -0.501. The Hall–Kier alpha value is -0.690. The first kappa shape index (κ1) is 12.8. The molecule has 1 heterocycles. The largest absolute Gasteiger partial charge is 0.375 e. The van der Waals surface area contributed by atoms with Crippen molar-refractivity contribution in [1.82, 2.24) is 4.90 Å². The van der Waals surface area contributed by atoms with Crippen LogP contribution in [0.4, 0.5) is 4.39 Å². The van der Waals surface area contributed by atoms with Gasteiger partial charge in [-0.1, -0.05) is 0 Å². The maximum Gasteiger partial charge on any atom is 0.254 e. The van der Waals surface area contributed by atoms with Crippen molar-refractivity contribution in [2.24, 2.45) is 0 Å². The quantitative estimate of drug-likeness (QED) is 0.729. The molecule has 0 spiro atoms. The first-order valence-corrected chi connectivity index (χ1v) is 6.51. The molecule has 92 valence electrons. The third kappa shape index (κ3) is 3.16. The van der Waals surface area contributed by atoms with Gasteiger partial charge in [0.25, 0.3) is 5.91 Å². The zero-order valence-electron chi connectivity index (χ0n) is 9.45. The normalized spacial score (nSPS) is 20.4. The number of amides is 1. The molecule has 0 bridgehead atoms. The predicted octanol–water partition coefficient (Wildman–Crippen LogP) is 2.29. The molecule has 0 unspecified atom stereocenters. The average molecular weight is 349 g/mol. The minimum Gasteiger partial charge on any atom is -0.375 e. The van der Waals surface area contributed by atoms with Gasteiger partial charge in [-0.15, -0.1) is 0 Å². The Morgan fingerprint density at radius 3 is 2.94 bits per heavy atom. The lowest BCUT2D eigenvalue weighted by molar-refractivity contribution is -0.0124. The fourth-order valence-corrected chi connectivity index (χ4v) is 2.50. The number of benzene rings is 1. The summed E-state index contributed by atoms with van der Waals surface area (Å²) in [4.78, 5) is 13.9. The van der Waals surface area contributed by atoms with E-state index in [4.69, 9.17) is 4.74 Å². The second kappa shape index (κ2) is 5.30. The van der Waals surface area contributed by atoms with Gasteiger partial charge >= 0.3 is 0 Å². The van der Waals surface area contributed by atoms with Crippen LogP contribution in [-0.2, 0) is 4.74 Å². The van der Waals surface area contributed by atoms with Gasteiger partial charge in [-0.3, -0.25) is 4.79 Å². The van der Waals surface area contributed by atoms with E-state index in [0.717, 1.165) is 3.57 Å². The molecular weight excluding hydrogens is 336 g/mol. The zero-order valence-corrected chi connectivity index (χ0v) is 11.6. The number of nitrogens with zero attached hydrogens (tertiary/aromatic N) is 1. The highest BCUT2D eigenvalue weighted by Gasteiger charge is 2.22. The molecular formula is C12H13FINO2. The average Bonchev–Trinajstić information content (AvgIpc) is 2.26. The van der Waals surface area contributed by atoms with Gasteiger partial charge in [0.05, 0.1) is 12.7 Å². The van der Waals surface area contributed by atoms with E-state index >= 15 is 0 Å². The Balaban J connectivity index is 2.18. The number of rotatable bonds is 1. The summed E-state index contributed by atoms with van der Waals surface area (Å²) in [6.07, 6.45) is 0.0420. The third-order valence-corrected chi connectivity index (χ3v) is 3.26. The van der Waals surface area contributed by atoms with Crippen molar-refractivity contribution in [3.05, 3.63) is 33.1 Å². The first-order valence-electron chi connectivity index (χ1n) is 5.43. The molecule has 0 saturated carbocycles. The van der Waals surface area contributed by atoms with E-state index < -0.39 is 0 Å². The van der Waals surface area contributed by atoms with Crippen LogP contribution in [-0.4, -0.2) is 36.6 Å². The van der Waals surface area contributed by atoms with Gasteiger partial charge in [0.15, 0.2) is 0 Å². The van der Waals surface area contributed by atoms with E-state index in [-0.39, 0.29) is 17.8 Å². The van der Waals surface area contributed by atoms with Gasteiger partial charge in [-0.25, -0.2) is 4.39 Å². The van der Waals surface area contributed by atoms with E-state index in [9.17, 15) is 9.18 Å². The zero-order chi connectivity index (χ0) is 12.4. The summed E-state index contributed by atoms with van der Waals surface area (Å²) in [6.45, 7) is 3.59. The molecule has 1 saturated heterocycles. The molecule has 1 aromatic rings. The Kier molecular flexibility index (Phi) is 3.98. The fourth-order valence-electron chi connectivity index (χ4n) is 1.86. The van der Waals surface area contributed by atoms with Crippen LogP contribution in [0.15, 0.2) is 18.2 Å². The summed E-state index contributed by atoms with van der Waals surface area (Å²) in [6, 6.07) is 4.38. The molecule has 1 amide bonds. The SMILES string of the molecule is C[C@H]1CN(C(=O)c2cc(F)cc(I)c2)CCO1. The molecule has 5 heteroatoms. The minimum atomic E-state index is -0.374. The van der Waals surface area contributed by atoms with Crippen LogP contribution in [0.2, 0.25) is 0 Å². The van der Waals surface area contributed by atoms with Crippen LogP contribution in [0.1, 0.15) is 17.3 Å². The van der Waals surface area contributed by atoms with E-state index in [0.29, 0.717) is 25.3 Å². The summed E-state index contributed by atoms with van der Waals surface area (Å²) in [5.41, 5.74) is 0.406. The lowest BCUT2D eigenvalue weighted by atomic mass is 10.1. The molecule has 1 aromatic carbocycles. The Morgan fingerprint density at radius 1 is 1.53 bits per heavy atom. The highest BCUT2D eigenvalue weighted by atomic mass is 127. The van der Waals surface area contributed by atoms with Crippen molar-refractivity contribution in [2.75, 3.05) is 19.7 Å². The van der Waals surface area contributed by atoms with Gasteiger partial charge in [-0.05, 0) is 47.7 Å². The highest BCUT2D eigenvalue weighted by Crippen LogP contribution is 2.15. The molecule has 1 aliphatic rings. The number of ether oxygens (including phenoxy) is 1. The Morgan fingerprint density at radius 2 is 2.29 bits per heavy atom. The lowest BCUT2D eigenvalue weighted by Gasteiger charge is -2.31. The number of hydrogen-bond acceptors (Lipinski definition) is 2. The number of halogens is 2. The summed E-state index contributed by atoms with van der Waals surface area (Å²) in [5, 5.41) is 0. The van der Waals surface area contributed by atoms with Gasteiger partial charge in [-0.2, -0.15) is 0 Å². The third-order valence-electron chi connectivity index (χ3n) is 2.64. The molecule has 0 aromatic heterocycles. The molecule has 1 atom stereocenters. The van der Waals surface area contributed by atoms with E-state index in [1.165, 1.54) is 12.1 Å². The van der Waals surface area contributed by atoms with E-state index in [1.54, 1.807) is 11.0 Å². The van der Waals surface area contributed by atoms with Gasteiger partial charge in [0, 0.05) is 22.2 Å². The first-order chi connectivity index (χ1) is 8.06. The van der Waals surface area contributed by atoms with Gasteiger partial charge < -0.3 is 9.64 Å².